The van der Waals surface area contributed by atoms with Gasteiger partial charge in [0, 0.05) is 25.7 Å². The molecule has 0 spiro atoms. The molecule has 17 heavy (non-hydrogen) atoms. The SMILES string of the molecule is CCC1CN(C(C#N)c2ccco2)CCN1C. The second-order valence-electron chi connectivity index (χ2n) is 4.58. The highest BCUT2D eigenvalue weighted by atomic mass is 16.3. The molecule has 2 rings (SSSR count). The van der Waals surface area contributed by atoms with Crippen LogP contribution in [-0.2, 0) is 0 Å². The number of nitriles is 1. The highest BCUT2D eigenvalue weighted by Gasteiger charge is 2.29. The highest BCUT2D eigenvalue weighted by molar-refractivity contribution is 5.13. The van der Waals surface area contributed by atoms with Gasteiger partial charge in [0.15, 0.2) is 6.04 Å². The van der Waals surface area contributed by atoms with Crippen LogP contribution in [0.4, 0.5) is 0 Å². The van der Waals surface area contributed by atoms with E-state index in [0.29, 0.717) is 6.04 Å². The Morgan fingerprint density at radius 3 is 3.00 bits per heavy atom. The van der Waals surface area contributed by atoms with E-state index in [1.807, 2.05) is 12.1 Å². The first-order chi connectivity index (χ1) is 8.26. The van der Waals surface area contributed by atoms with Gasteiger partial charge in [0.2, 0.25) is 0 Å². The van der Waals surface area contributed by atoms with Crippen LogP contribution in [0.25, 0.3) is 0 Å². The van der Waals surface area contributed by atoms with E-state index in [1.54, 1.807) is 6.26 Å². The maximum absolute atomic E-state index is 9.31. The van der Waals surface area contributed by atoms with Crippen LogP contribution in [0.5, 0.6) is 0 Å². The van der Waals surface area contributed by atoms with Gasteiger partial charge in [-0.2, -0.15) is 5.26 Å². The Hall–Kier alpha value is -1.31. The van der Waals surface area contributed by atoms with Crippen LogP contribution in [0.3, 0.4) is 0 Å². The quantitative estimate of drug-likeness (QED) is 0.799. The number of nitrogens with zero attached hydrogens (tertiary/aromatic N) is 3. The number of piperazine rings is 1. The van der Waals surface area contributed by atoms with Gasteiger partial charge in [0.25, 0.3) is 0 Å². The molecule has 0 aromatic carbocycles. The fraction of sp³-hybridized carbons (Fsp3) is 0.615. The van der Waals surface area contributed by atoms with Crippen molar-refractivity contribution in [3.8, 4) is 6.07 Å². The summed E-state index contributed by atoms with van der Waals surface area (Å²) in [7, 11) is 2.15. The Balaban J connectivity index is 2.09. The van der Waals surface area contributed by atoms with Crippen LogP contribution in [0.2, 0.25) is 0 Å². The van der Waals surface area contributed by atoms with Crippen LogP contribution >= 0.6 is 0 Å². The molecule has 1 saturated heterocycles. The lowest BCUT2D eigenvalue weighted by molar-refractivity contribution is 0.0715. The maximum atomic E-state index is 9.31. The molecule has 1 fully saturated rings. The molecule has 2 atom stereocenters. The van der Waals surface area contributed by atoms with E-state index in [2.05, 4.69) is 29.8 Å². The van der Waals surface area contributed by atoms with Crippen molar-refractivity contribution in [3.63, 3.8) is 0 Å². The first kappa shape index (κ1) is 12.2. The van der Waals surface area contributed by atoms with Gasteiger partial charge in [0.1, 0.15) is 5.76 Å². The van der Waals surface area contributed by atoms with E-state index in [0.717, 1.165) is 31.8 Å². The van der Waals surface area contributed by atoms with Gasteiger partial charge in [0.05, 0.1) is 12.3 Å². The zero-order chi connectivity index (χ0) is 12.3. The molecule has 0 amide bonds. The van der Waals surface area contributed by atoms with Crippen LogP contribution < -0.4 is 0 Å². The molecule has 1 aliphatic rings. The number of likely N-dealkylation sites (N-methyl/N-ethyl adjacent to an activating group) is 1. The van der Waals surface area contributed by atoms with Crippen LogP contribution in [0, 0.1) is 11.3 Å². The van der Waals surface area contributed by atoms with Crippen molar-refractivity contribution >= 4 is 0 Å². The molecule has 92 valence electrons. The molecule has 4 nitrogen and oxygen atoms in total. The van der Waals surface area contributed by atoms with Crippen LogP contribution in [-0.4, -0.2) is 42.5 Å². The molecule has 0 bridgehead atoms. The van der Waals surface area contributed by atoms with Crippen molar-refractivity contribution in [1.29, 1.82) is 5.26 Å². The van der Waals surface area contributed by atoms with Crippen molar-refractivity contribution in [1.82, 2.24) is 9.80 Å². The molecule has 1 aromatic heterocycles. The third-order valence-corrected chi connectivity index (χ3v) is 3.58. The van der Waals surface area contributed by atoms with E-state index in [9.17, 15) is 5.26 Å². The highest BCUT2D eigenvalue weighted by Crippen LogP contribution is 2.24. The van der Waals surface area contributed by atoms with E-state index in [4.69, 9.17) is 4.42 Å². The Morgan fingerprint density at radius 1 is 1.59 bits per heavy atom. The molecule has 2 heterocycles. The Bertz CT molecular complexity index is 382. The Kier molecular flexibility index (Phi) is 3.82. The summed E-state index contributed by atoms with van der Waals surface area (Å²) in [5.74, 6) is 0.756. The van der Waals surface area contributed by atoms with E-state index >= 15 is 0 Å². The first-order valence-electron chi connectivity index (χ1n) is 6.13. The van der Waals surface area contributed by atoms with Crippen molar-refractivity contribution in [2.45, 2.75) is 25.4 Å². The monoisotopic (exact) mass is 233 g/mol. The third kappa shape index (κ3) is 2.51. The first-order valence-corrected chi connectivity index (χ1v) is 6.13. The van der Waals surface area contributed by atoms with Crippen molar-refractivity contribution in [2.24, 2.45) is 0 Å². The number of hydrogen-bond donors (Lipinski definition) is 0. The van der Waals surface area contributed by atoms with Gasteiger partial charge < -0.3 is 9.32 Å². The van der Waals surface area contributed by atoms with Gasteiger partial charge in [-0.15, -0.1) is 0 Å². The standard InChI is InChI=1S/C13H19N3O/c1-3-11-10-16(7-6-15(11)2)12(9-14)13-5-4-8-17-13/h4-5,8,11-12H,3,6-7,10H2,1-2H3. The minimum atomic E-state index is -0.243. The van der Waals surface area contributed by atoms with Crippen molar-refractivity contribution < 1.29 is 4.42 Å². The predicted molar refractivity (Wildman–Crippen MR) is 65.3 cm³/mol. The maximum Gasteiger partial charge on any atom is 0.156 e. The van der Waals surface area contributed by atoms with Gasteiger partial charge in [-0.1, -0.05) is 6.92 Å². The van der Waals surface area contributed by atoms with Gasteiger partial charge in [-0.3, -0.25) is 4.90 Å². The van der Waals surface area contributed by atoms with Crippen molar-refractivity contribution in [3.05, 3.63) is 24.2 Å². The molecule has 0 N–H and O–H groups in total. The Labute approximate surface area is 102 Å². The third-order valence-electron chi connectivity index (χ3n) is 3.58. The van der Waals surface area contributed by atoms with Gasteiger partial charge in [-0.05, 0) is 25.6 Å². The molecule has 1 aromatic rings. The van der Waals surface area contributed by atoms with Crippen molar-refractivity contribution in [2.75, 3.05) is 26.7 Å². The Morgan fingerprint density at radius 2 is 2.41 bits per heavy atom. The largest absolute Gasteiger partial charge is 0.467 e. The molecular weight excluding hydrogens is 214 g/mol. The molecule has 0 radical (unpaired) electrons. The summed E-state index contributed by atoms with van der Waals surface area (Å²) in [5.41, 5.74) is 0. The molecule has 1 aliphatic heterocycles. The zero-order valence-electron chi connectivity index (χ0n) is 10.5. The summed E-state index contributed by atoms with van der Waals surface area (Å²) in [6.45, 7) is 5.06. The van der Waals surface area contributed by atoms with Gasteiger partial charge >= 0.3 is 0 Å². The fourth-order valence-electron chi connectivity index (χ4n) is 2.42. The second kappa shape index (κ2) is 5.35. The minimum absolute atomic E-state index is 0.243. The number of rotatable bonds is 3. The van der Waals surface area contributed by atoms with Gasteiger partial charge in [-0.25, -0.2) is 0 Å². The summed E-state index contributed by atoms with van der Waals surface area (Å²) in [5, 5.41) is 9.31. The normalized spacial score (nSPS) is 24.4. The average molecular weight is 233 g/mol. The summed E-state index contributed by atoms with van der Waals surface area (Å²) < 4.78 is 5.36. The van der Waals surface area contributed by atoms with E-state index < -0.39 is 0 Å². The summed E-state index contributed by atoms with van der Waals surface area (Å²) in [6, 6.07) is 6.36. The number of hydrogen-bond acceptors (Lipinski definition) is 4. The lowest BCUT2D eigenvalue weighted by atomic mass is 10.1. The molecule has 2 unspecified atom stereocenters. The summed E-state index contributed by atoms with van der Waals surface area (Å²) in [4.78, 5) is 4.58. The fourth-order valence-corrected chi connectivity index (χ4v) is 2.42. The molecular formula is C13H19N3O. The van der Waals surface area contributed by atoms with Crippen LogP contribution in [0.15, 0.2) is 22.8 Å². The lowest BCUT2D eigenvalue weighted by Crippen LogP contribution is -2.51. The predicted octanol–water partition coefficient (Wildman–Crippen LogP) is 1.87. The van der Waals surface area contributed by atoms with Crippen LogP contribution in [0.1, 0.15) is 25.1 Å². The molecule has 0 saturated carbocycles. The zero-order valence-corrected chi connectivity index (χ0v) is 10.5. The number of furan rings is 1. The van der Waals surface area contributed by atoms with E-state index in [1.165, 1.54) is 0 Å². The summed E-state index contributed by atoms with van der Waals surface area (Å²) >= 11 is 0. The minimum Gasteiger partial charge on any atom is -0.467 e. The summed E-state index contributed by atoms with van der Waals surface area (Å²) in [6.07, 6.45) is 2.75. The average Bonchev–Trinajstić information content (AvgIpc) is 2.86. The smallest absolute Gasteiger partial charge is 0.156 e. The second-order valence-corrected chi connectivity index (χ2v) is 4.58. The van der Waals surface area contributed by atoms with E-state index in [-0.39, 0.29) is 6.04 Å². The molecule has 4 heteroatoms. The topological polar surface area (TPSA) is 43.4 Å². The molecule has 0 aliphatic carbocycles. The lowest BCUT2D eigenvalue weighted by Gasteiger charge is -2.40.